The molecule has 6 heteroatoms. The molecule has 3 N–H and O–H groups in total. The number of anilines is 2. The van der Waals surface area contributed by atoms with Gasteiger partial charge in [-0.05, 0) is 49.2 Å². The second-order valence-electron chi connectivity index (χ2n) is 5.77. The highest BCUT2D eigenvalue weighted by Gasteiger charge is 2.13. The number of carbonyl (C=O) groups is 1. The normalized spacial score (nSPS) is 10.3. The van der Waals surface area contributed by atoms with Crippen molar-refractivity contribution >= 4 is 17.3 Å². The lowest BCUT2D eigenvalue weighted by atomic mass is 10.1. The number of nitrogen functional groups attached to an aromatic ring is 1. The molecule has 6 nitrogen and oxygen atoms in total. The van der Waals surface area contributed by atoms with Gasteiger partial charge < -0.3 is 25.3 Å². The summed E-state index contributed by atoms with van der Waals surface area (Å²) in [7, 11) is 1.55. The van der Waals surface area contributed by atoms with E-state index in [1.807, 2.05) is 13.8 Å². The molecule has 0 unspecified atom stereocenters. The zero-order chi connectivity index (χ0) is 18.9. The van der Waals surface area contributed by atoms with E-state index in [2.05, 4.69) is 5.32 Å². The quantitative estimate of drug-likeness (QED) is 0.659. The van der Waals surface area contributed by atoms with Crippen molar-refractivity contribution in [2.45, 2.75) is 26.7 Å². The summed E-state index contributed by atoms with van der Waals surface area (Å²) >= 11 is 0. The molecule has 0 atom stereocenters. The van der Waals surface area contributed by atoms with Crippen molar-refractivity contribution in [3.8, 4) is 17.2 Å². The Hall–Kier alpha value is -2.89. The van der Waals surface area contributed by atoms with Gasteiger partial charge in [0.05, 0.1) is 26.0 Å². The highest BCUT2D eigenvalue weighted by Crippen LogP contribution is 2.30. The van der Waals surface area contributed by atoms with E-state index in [4.69, 9.17) is 19.9 Å². The summed E-state index contributed by atoms with van der Waals surface area (Å²) in [6.07, 6.45) is 1.77. The Labute approximate surface area is 154 Å². The molecule has 0 aliphatic rings. The smallest absolute Gasteiger partial charge is 0.255 e. The number of hydrogen-bond donors (Lipinski definition) is 2. The summed E-state index contributed by atoms with van der Waals surface area (Å²) < 4.78 is 16.5. The molecule has 140 valence electrons. The molecule has 0 aromatic heterocycles. The molecule has 2 aromatic rings. The van der Waals surface area contributed by atoms with Crippen LogP contribution in [0.25, 0.3) is 0 Å². The molecule has 1 amide bonds. The lowest BCUT2D eigenvalue weighted by molar-refractivity contribution is 0.102. The SMILES string of the molecule is CCCOc1ccc(C(=O)Nc2ccc(OC)c(N)c2)cc1OCCC. The number of carbonyl (C=O) groups excluding carboxylic acids is 1. The van der Waals surface area contributed by atoms with E-state index in [0.29, 0.717) is 47.4 Å². The first-order chi connectivity index (χ1) is 12.6. The van der Waals surface area contributed by atoms with Crippen molar-refractivity contribution in [2.75, 3.05) is 31.4 Å². The summed E-state index contributed by atoms with van der Waals surface area (Å²) in [5.74, 6) is 1.53. The van der Waals surface area contributed by atoms with Crippen molar-refractivity contribution in [2.24, 2.45) is 0 Å². The molecule has 0 saturated heterocycles. The van der Waals surface area contributed by atoms with Gasteiger partial charge in [0.2, 0.25) is 0 Å². The fourth-order valence-corrected chi connectivity index (χ4v) is 2.32. The molecular formula is C20H26N2O4. The minimum absolute atomic E-state index is 0.252. The summed E-state index contributed by atoms with van der Waals surface area (Å²) in [4.78, 5) is 12.6. The van der Waals surface area contributed by atoms with Crippen LogP contribution in [-0.2, 0) is 0 Å². The van der Waals surface area contributed by atoms with Gasteiger partial charge >= 0.3 is 0 Å². The van der Waals surface area contributed by atoms with Crippen molar-refractivity contribution in [3.05, 3.63) is 42.0 Å². The fraction of sp³-hybridized carbons (Fsp3) is 0.350. The summed E-state index contributed by atoms with van der Waals surface area (Å²) in [6, 6.07) is 10.3. The molecule has 0 aliphatic carbocycles. The number of methoxy groups -OCH3 is 1. The van der Waals surface area contributed by atoms with Gasteiger partial charge in [-0.2, -0.15) is 0 Å². The molecular weight excluding hydrogens is 332 g/mol. The van der Waals surface area contributed by atoms with E-state index in [9.17, 15) is 4.79 Å². The van der Waals surface area contributed by atoms with E-state index in [-0.39, 0.29) is 5.91 Å². The zero-order valence-corrected chi connectivity index (χ0v) is 15.5. The lowest BCUT2D eigenvalue weighted by Crippen LogP contribution is -2.13. The molecule has 0 saturated carbocycles. The average Bonchev–Trinajstić information content (AvgIpc) is 2.65. The molecule has 0 radical (unpaired) electrons. The number of benzene rings is 2. The van der Waals surface area contributed by atoms with Crippen LogP contribution in [0.5, 0.6) is 17.2 Å². The summed E-state index contributed by atoms with van der Waals surface area (Å²) in [6.45, 7) is 5.22. The predicted octanol–water partition coefficient (Wildman–Crippen LogP) is 4.11. The first-order valence-corrected chi connectivity index (χ1v) is 8.73. The molecule has 26 heavy (non-hydrogen) atoms. The average molecular weight is 358 g/mol. The van der Waals surface area contributed by atoms with Crippen LogP contribution in [0, 0.1) is 0 Å². The maximum absolute atomic E-state index is 12.6. The molecule has 2 rings (SSSR count). The Morgan fingerprint density at radius 2 is 1.62 bits per heavy atom. The molecule has 0 bridgehead atoms. The maximum Gasteiger partial charge on any atom is 0.255 e. The highest BCUT2D eigenvalue weighted by molar-refractivity contribution is 6.05. The van der Waals surface area contributed by atoms with Gasteiger partial charge in [0, 0.05) is 11.3 Å². The Morgan fingerprint density at radius 1 is 0.962 bits per heavy atom. The van der Waals surface area contributed by atoms with E-state index >= 15 is 0 Å². The standard InChI is InChI=1S/C20H26N2O4/c1-4-10-25-18-8-6-14(12-19(18)26-11-5-2)20(23)22-15-7-9-17(24-3)16(21)13-15/h6-9,12-13H,4-5,10-11,21H2,1-3H3,(H,22,23). The van der Waals surface area contributed by atoms with Crippen molar-refractivity contribution in [3.63, 3.8) is 0 Å². The maximum atomic E-state index is 12.6. The van der Waals surface area contributed by atoms with Crippen molar-refractivity contribution < 1.29 is 19.0 Å². The van der Waals surface area contributed by atoms with Crippen LogP contribution < -0.4 is 25.3 Å². The van der Waals surface area contributed by atoms with E-state index in [1.54, 1.807) is 43.5 Å². The van der Waals surface area contributed by atoms with Gasteiger partial charge in [-0.15, -0.1) is 0 Å². The molecule has 0 aliphatic heterocycles. The molecule has 0 fully saturated rings. The Bertz CT molecular complexity index is 747. The number of nitrogens with one attached hydrogen (secondary N) is 1. The minimum atomic E-state index is -0.252. The second kappa shape index (κ2) is 9.56. The number of hydrogen-bond acceptors (Lipinski definition) is 5. The van der Waals surface area contributed by atoms with E-state index in [1.165, 1.54) is 0 Å². The molecule has 2 aromatic carbocycles. The first kappa shape index (κ1) is 19.4. The van der Waals surface area contributed by atoms with Crippen LogP contribution in [0.2, 0.25) is 0 Å². The lowest BCUT2D eigenvalue weighted by Gasteiger charge is -2.14. The number of rotatable bonds is 9. The van der Waals surface area contributed by atoms with Gasteiger partial charge in [0.15, 0.2) is 11.5 Å². The summed E-state index contributed by atoms with van der Waals surface area (Å²) in [5.41, 5.74) is 7.41. The third-order valence-corrected chi connectivity index (χ3v) is 3.62. The van der Waals surface area contributed by atoms with Crippen molar-refractivity contribution in [1.82, 2.24) is 0 Å². The number of amides is 1. The van der Waals surface area contributed by atoms with Crippen molar-refractivity contribution in [1.29, 1.82) is 0 Å². The third-order valence-electron chi connectivity index (χ3n) is 3.62. The molecule has 0 heterocycles. The number of ether oxygens (including phenoxy) is 3. The zero-order valence-electron chi connectivity index (χ0n) is 15.5. The third kappa shape index (κ3) is 5.05. The Morgan fingerprint density at radius 3 is 2.23 bits per heavy atom. The minimum Gasteiger partial charge on any atom is -0.495 e. The second-order valence-corrected chi connectivity index (χ2v) is 5.77. The van der Waals surface area contributed by atoms with Gasteiger partial charge in [0.1, 0.15) is 5.75 Å². The Kier molecular flexibility index (Phi) is 7.14. The van der Waals surface area contributed by atoms with Crippen LogP contribution in [0.4, 0.5) is 11.4 Å². The topological polar surface area (TPSA) is 82.8 Å². The van der Waals surface area contributed by atoms with E-state index in [0.717, 1.165) is 12.8 Å². The van der Waals surface area contributed by atoms with Crippen LogP contribution in [0.15, 0.2) is 36.4 Å². The van der Waals surface area contributed by atoms with Crippen LogP contribution in [0.1, 0.15) is 37.0 Å². The monoisotopic (exact) mass is 358 g/mol. The van der Waals surface area contributed by atoms with Gasteiger partial charge in [0.25, 0.3) is 5.91 Å². The molecule has 0 spiro atoms. The van der Waals surface area contributed by atoms with Gasteiger partial charge in [-0.25, -0.2) is 0 Å². The number of nitrogens with two attached hydrogens (primary N) is 1. The van der Waals surface area contributed by atoms with E-state index < -0.39 is 0 Å². The van der Waals surface area contributed by atoms with Crippen LogP contribution >= 0.6 is 0 Å². The van der Waals surface area contributed by atoms with Crippen LogP contribution in [0.3, 0.4) is 0 Å². The largest absolute Gasteiger partial charge is 0.495 e. The first-order valence-electron chi connectivity index (χ1n) is 8.73. The highest BCUT2D eigenvalue weighted by atomic mass is 16.5. The fourth-order valence-electron chi connectivity index (χ4n) is 2.32. The Balaban J connectivity index is 2.18. The summed E-state index contributed by atoms with van der Waals surface area (Å²) in [5, 5.41) is 2.83. The van der Waals surface area contributed by atoms with Crippen LogP contribution in [-0.4, -0.2) is 26.2 Å². The van der Waals surface area contributed by atoms with Gasteiger partial charge in [-0.1, -0.05) is 13.8 Å². The van der Waals surface area contributed by atoms with Gasteiger partial charge in [-0.3, -0.25) is 4.79 Å². The predicted molar refractivity (Wildman–Crippen MR) is 103 cm³/mol.